The number of aliphatic hydroxyl groups is 1. The summed E-state index contributed by atoms with van der Waals surface area (Å²) in [5.41, 5.74) is 4.08. The maximum Gasteiger partial charge on any atom is 0.323 e. The van der Waals surface area contributed by atoms with Crippen molar-refractivity contribution in [2.45, 2.75) is 31.5 Å². The van der Waals surface area contributed by atoms with Crippen molar-refractivity contribution in [2.75, 3.05) is 43.5 Å². The zero-order valence-corrected chi connectivity index (χ0v) is 24.4. The summed E-state index contributed by atoms with van der Waals surface area (Å²) in [6.45, 7) is 4.03. The smallest absolute Gasteiger partial charge is 0.323 e. The standard InChI is InChI=1S/C35H37N3O6/c39-24-25-6-8-26(9-7-25)33-22-32(23-38-18-20-41-21-19-38)43-34(44-33)27-10-12-28(13-11-27)36-35(40)37-29-14-16-31(17-15-29)42-30-4-2-1-3-5-30/h1-17,32-34,39H,18-24H2,(H2,36,37,40). The van der Waals surface area contributed by atoms with E-state index >= 15 is 0 Å². The molecule has 0 aliphatic carbocycles. The van der Waals surface area contributed by atoms with Crippen LogP contribution in [0.4, 0.5) is 16.2 Å². The SMILES string of the molecule is O=C(Nc1ccc(Oc2ccccc2)cc1)Nc1ccc(C2OC(CN3CCOCC3)CC(c3ccc(CO)cc3)O2)cc1. The highest BCUT2D eigenvalue weighted by Crippen LogP contribution is 2.38. The Morgan fingerprint density at radius 1 is 0.773 bits per heavy atom. The minimum Gasteiger partial charge on any atom is -0.457 e. The van der Waals surface area contributed by atoms with Crippen LogP contribution >= 0.6 is 0 Å². The lowest BCUT2D eigenvalue weighted by molar-refractivity contribution is -0.253. The Morgan fingerprint density at radius 2 is 1.39 bits per heavy atom. The number of amides is 2. The summed E-state index contributed by atoms with van der Waals surface area (Å²) >= 11 is 0. The van der Waals surface area contributed by atoms with Crippen molar-refractivity contribution in [1.29, 1.82) is 0 Å². The van der Waals surface area contributed by atoms with Crippen LogP contribution in [0.1, 0.15) is 35.5 Å². The maximum atomic E-state index is 12.7. The first kappa shape index (κ1) is 29.8. The number of hydrogen-bond donors (Lipinski definition) is 3. The molecular weight excluding hydrogens is 558 g/mol. The highest BCUT2D eigenvalue weighted by atomic mass is 16.7. The van der Waals surface area contributed by atoms with Gasteiger partial charge >= 0.3 is 6.03 Å². The number of nitrogens with one attached hydrogen (secondary N) is 2. The molecule has 4 aromatic carbocycles. The van der Waals surface area contributed by atoms with E-state index in [2.05, 4.69) is 15.5 Å². The van der Waals surface area contributed by atoms with Gasteiger partial charge in [-0.3, -0.25) is 4.90 Å². The van der Waals surface area contributed by atoms with Gasteiger partial charge in [-0.15, -0.1) is 0 Å². The monoisotopic (exact) mass is 595 g/mol. The molecular formula is C35H37N3O6. The molecule has 0 spiro atoms. The second-order valence-corrected chi connectivity index (χ2v) is 10.9. The van der Waals surface area contributed by atoms with Crippen LogP contribution < -0.4 is 15.4 Å². The van der Waals surface area contributed by atoms with Crippen LogP contribution in [0.15, 0.2) is 103 Å². The predicted molar refractivity (Wildman–Crippen MR) is 168 cm³/mol. The van der Waals surface area contributed by atoms with E-state index in [-0.39, 0.29) is 24.8 Å². The van der Waals surface area contributed by atoms with E-state index < -0.39 is 6.29 Å². The van der Waals surface area contributed by atoms with Gasteiger partial charge in [-0.1, -0.05) is 54.6 Å². The van der Waals surface area contributed by atoms with Crippen LogP contribution in [0.2, 0.25) is 0 Å². The highest BCUT2D eigenvalue weighted by molar-refractivity contribution is 5.99. The van der Waals surface area contributed by atoms with Gasteiger partial charge in [0.05, 0.1) is 32.0 Å². The second-order valence-electron chi connectivity index (χ2n) is 10.9. The second kappa shape index (κ2) is 14.5. The Balaban J connectivity index is 1.07. The highest BCUT2D eigenvalue weighted by Gasteiger charge is 2.33. The molecule has 2 saturated heterocycles. The van der Waals surface area contributed by atoms with E-state index in [0.29, 0.717) is 17.1 Å². The number of nitrogens with zero attached hydrogens (tertiary/aromatic N) is 1. The number of hydrogen-bond acceptors (Lipinski definition) is 7. The molecule has 3 atom stereocenters. The van der Waals surface area contributed by atoms with Crippen molar-refractivity contribution in [2.24, 2.45) is 0 Å². The number of carbonyl (C=O) groups excluding carboxylic acids is 1. The van der Waals surface area contributed by atoms with Crippen LogP contribution in [0.5, 0.6) is 11.5 Å². The molecule has 9 heteroatoms. The van der Waals surface area contributed by atoms with Gasteiger partial charge in [-0.25, -0.2) is 4.79 Å². The van der Waals surface area contributed by atoms with Gasteiger partial charge in [0.2, 0.25) is 0 Å². The van der Waals surface area contributed by atoms with Gasteiger partial charge < -0.3 is 34.7 Å². The maximum absolute atomic E-state index is 12.7. The molecule has 9 nitrogen and oxygen atoms in total. The van der Waals surface area contributed by atoms with Crippen molar-refractivity contribution >= 4 is 17.4 Å². The summed E-state index contributed by atoms with van der Waals surface area (Å²) in [5.74, 6) is 1.43. The molecule has 6 rings (SSSR count). The first-order valence-electron chi connectivity index (χ1n) is 14.9. The Bertz CT molecular complexity index is 1480. The Labute approximate surface area is 257 Å². The molecule has 0 bridgehead atoms. The van der Waals surface area contributed by atoms with Crippen molar-refractivity contribution in [3.63, 3.8) is 0 Å². The fourth-order valence-electron chi connectivity index (χ4n) is 5.35. The lowest BCUT2D eigenvalue weighted by atomic mass is 9.99. The van der Waals surface area contributed by atoms with Gasteiger partial charge in [0.15, 0.2) is 6.29 Å². The van der Waals surface area contributed by atoms with Gasteiger partial charge in [-0.05, 0) is 59.7 Å². The number of anilines is 2. The lowest BCUT2D eigenvalue weighted by Crippen LogP contribution is -2.44. The number of carbonyl (C=O) groups is 1. The number of aliphatic hydroxyl groups excluding tert-OH is 1. The number of morpholine rings is 1. The molecule has 0 saturated carbocycles. The Hall–Kier alpha value is -4.25. The van der Waals surface area contributed by atoms with E-state index in [4.69, 9.17) is 18.9 Å². The minimum absolute atomic E-state index is 0.00555. The minimum atomic E-state index is -0.559. The molecule has 0 radical (unpaired) electrons. The fraction of sp³-hybridized carbons (Fsp3) is 0.286. The van der Waals surface area contributed by atoms with Crippen LogP contribution in [0.25, 0.3) is 0 Å². The third-order valence-corrected chi connectivity index (χ3v) is 7.71. The van der Waals surface area contributed by atoms with Crippen molar-refractivity contribution in [1.82, 2.24) is 4.90 Å². The topological polar surface area (TPSA) is 102 Å². The van der Waals surface area contributed by atoms with Crippen LogP contribution in [-0.2, 0) is 20.8 Å². The molecule has 44 heavy (non-hydrogen) atoms. The number of para-hydroxylation sites is 1. The number of urea groups is 1. The number of rotatable bonds is 9. The van der Waals surface area contributed by atoms with Gasteiger partial charge in [-0.2, -0.15) is 0 Å². The Kier molecular flexibility index (Phi) is 9.81. The fourth-order valence-corrected chi connectivity index (χ4v) is 5.35. The van der Waals surface area contributed by atoms with Crippen molar-refractivity contribution in [3.05, 3.63) is 120 Å². The molecule has 3 N–H and O–H groups in total. The predicted octanol–water partition coefficient (Wildman–Crippen LogP) is 6.49. The summed E-state index contributed by atoms with van der Waals surface area (Å²) in [4.78, 5) is 15.1. The molecule has 0 aromatic heterocycles. The Morgan fingerprint density at radius 3 is 2.05 bits per heavy atom. The molecule has 228 valence electrons. The molecule has 2 heterocycles. The third kappa shape index (κ3) is 8.02. The van der Waals surface area contributed by atoms with E-state index in [1.165, 1.54) is 0 Å². The summed E-state index contributed by atoms with van der Waals surface area (Å²) in [7, 11) is 0. The average molecular weight is 596 g/mol. The molecule has 3 unspecified atom stereocenters. The number of ether oxygens (including phenoxy) is 4. The summed E-state index contributed by atoms with van der Waals surface area (Å²) < 4.78 is 24.3. The summed E-state index contributed by atoms with van der Waals surface area (Å²) in [6, 6.07) is 31.8. The van der Waals surface area contributed by atoms with Gasteiger partial charge in [0.1, 0.15) is 11.5 Å². The average Bonchev–Trinajstić information content (AvgIpc) is 3.07. The van der Waals surface area contributed by atoms with Crippen LogP contribution in [0.3, 0.4) is 0 Å². The molecule has 2 fully saturated rings. The van der Waals surface area contributed by atoms with Crippen LogP contribution in [-0.4, -0.2) is 55.0 Å². The molecule has 2 amide bonds. The molecule has 4 aromatic rings. The van der Waals surface area contributed by atoms with Crippen LogP contribution in [0, 0.1) is 0 Å². The number of benzene rings is 4. The van der Waals surface area contributed by atoms with Crippen molar-refractivity contribution in [3.8, 4) is 11.5 Å². The van der Waals surface area contributed by atoms with E-state index in [0.717, 1.165) is 61.7 Å². The first-order valence-corrected chi connectivity index (χ1v) is 14.9. The van der Waals surface area contributed by atoms with Crippen molar-refractivity contribution < 1.29 is 28.8 Å². The third-order valence-electron chi connectivity index (χ3n) is 7.71. The molecule has 2 aliphatic rings. The lowest BCUT2D eigenvalue weighted by Gasteiger charge is -2.39. The zero-order valence-electron chi connectivity index (χ0n) is 24.4. The van der Waals surface area contributed by atoms with Gasteiger partial charge in [0, 0.05) is 43.0 Å². The van der Waals surface area contributed by atoms with Gasteiger partial charge in [0.25, 0.3) is 0 Å². The zero-order chi connectivity index (χ0) is 30.1. The first-order chi connectivity index (χ1) is 21.6. The van der Waals surface area contributed by atoms with E-state index in [9.17, 15) is 9.90 Å². The van der Waals surface area contributed by atoms with E-state index in [1.807, 2.05) is 91.0 Å². The normalized spacial score (nSPS) is 20.5. The summed E-state index contributed by atoms with van der Waals surface area (Å²) in [6.07, 6.45) is -0.00859. The van der Waals surface area contributed by atoms with E-state index in [1.54, 1.807) is 12.1 Å². The summed E-state index contributed by atoms with van der Waals surface area (Å²) in [5, 5.41) is 15.2. The largest absolute Gasteiger partial charge is 0.457 e. The molecule has 2 aliphatic heterocycles. The quantitative estimate of drug-likeness (QED) is 0.203.